The fourth-order valence-electron chi connectivity index (χ4n) is 11.9. The molecule has 2 amide bonds. The van der Waals surface area contributed by atoms with Gasteiger partial charge in [0.1, 0.15) is 92.4 Å². The minimum absolute atomic E-state index is 0.0333. The summed E-state index contributed by atoms with van der Waals surface area (Å²) in [6.45, 7) is 7.22. The highest BCUT2D eigenvalue weighted by Crippen LogP contribution is 2.39. The zero-order valence-electron chi connectivity index (χ0n) is 57.6. The number of esters is 3. The van der Waals surface area contributed by atoms with E-state index < -0.39 is 128 Å². The molecule has 0 radical (unpaired) electrons. The van der Waals surface area contributed by atoms with Crippen LogP contribution < -0.4 is 10.6 Å². The van der Waals surface area contributed by atoms with E-state index in [0.29, 0.717) is 11.1 Å². The molecule has 2 N–H and O–H groups in total. The van der Waals surface area contributed by atoms with Gasteiger partial charge in [-0.3, -0.25) is 4.79 Å². The molecule has 8 aromatic carbocycles. The van der Waals surface area contributed by atoms with Gasteiger partial charge in [-0.15, -0.1) is 0 Å². The summed E-state index contributed by atoms with van der Waals surface area (Å²) in [7, 11) is 0. The van der Waals surface area contributed by atoms with Gasteiger partial charge in [0.05, 0.1) is 26.4 Å². The van der Waals surface area contributed by atoms with Crippen molar-refractivity contribution in [1.29, 1.82) is 0 Å². The van der Waals surface area contributed by atoms with Crippen LogP contribution in [0.5, 0.6) is 0 Å². The third-order valence-electron chi connectivity index (χ3n) is 16.3. The largest absolute Gasteiger partial charge is 0.459 e. The number of alkyl carbamates (subject to hydrolysis) is 1. The molecule has 530 valence electrons. The van der Waals surface area contributed by atoms with Crippen molar-refractivity contribution in [2.24, 2.45) is 0 Å². The van der Waals surface area contributed by atoms with Crippen molar-refractivity contribution in [1.82, 2.24) is 10.6 Å². The minimum Gasteiger partial charge on any atom is -0.459 e. The Morgan fingerprint density at radius 3 is 1.23 bits per heavy atom. The topological polar surface area (TPSA) is 229 Å². The highest BCUT2D eigenvalue weighted by atomic mass is 16.8. The number of benzene rings is 8. The fraction of sp³-hybridized carbons (Fsp3) is 0.346. The molecule has 101 heavy (non-hydrogen) atoms. The third kappa shape index (κ3) is 21.8. The molecule has 2 saturated heterocycles. The van der Waals surface area contributed by atoms with E-state index in [1.807, 2.05) is 206 Å². The van der Waals surface area contributed by atoms with Crippen molar-refractivity contribution in [3.05, 3.63) is 287 Å². The molecule has 2 fully saturated rings. The standard InChI is InChI=1S/C81H88N2O18/c1-79(2,3)100-66(85)54-92-70-68(82-78(88)96-51-60-39-23-11-24-40-60)76(95-53-65(84)83-81(61-41-25-12-26-42-61,62-43-27-13-28-44-62)63-45-29-14-30-46-63)97-64(52-89-47-56-31-15-7-16-32-56)69(70)98-77-74(93-55-67(86)101-80(4,5)6)72(91-49-58-35-19-9-20-36-58)71(90-48-57-33-17-8-18-34-57)73(99-77)75(87)94-50-59-37-21-10-22-38-59/h7-46,64,68-74,76-77H,47-55H2,1-6H3,(H,82,88)(H,83,84)/t64-,68-,69-,70-,71+,72+,73+,74-,76-,77-/m1/s1. The van der Waals surface area contributed by atoms with Gasteiger partial charge in [-0.1, -0.05) is 243 Å². The average molecular weight is 1380 g/mol. The van der Waals surface area contributed by atoms with Crippen LogP contribution in [0.15, 0.2) is 243 Å². The molecule has 20 heteroatoms. The van der Waals surface area contributed by atoms with Crippen molar-refractivity contribution in [3.63, 3.8) is 0 Å². The lowest BCUT2D eigenvalue weighted by atomic mass is 9.77. The second-order valence-corrected chi connectivity index (χ2v) is 26.3. The molecule has 0 bridgehead atoms. The van der Waals surface area contributed by atoms with Crippen LogP contribution >= 0.6 is 0 Å². The number of rotatable bonds is 31. The van der Waals surface area contributed by atoms with E-state index in [9.17, 15) is 14.4 Å². The molecule has 10 atom stereocenters. The number of ether oxygens (including phenoxy) is 13. The summed E-state index contributed by atoms with van der Waals surface area (Å²) >= 11 is 0. The molecule has 2 aliphatic heterocycles. The summed E-state index contributed by atoms with van der Waals surface area (Å²) in [5.41, 5.74) is 2.51. The van der Waals surface area contributed by atoms with Crippen molar-refractivity contribution in [2.45, 2.75) is 153 Å². The monoisotopic (exact) mass is 1380 g/mol. The number of nitrogens with one attached hydrogen (secondary N) is 2. The molecule has 10 rings (SSSR count). The van der Waals surface area contributed by atoms with Crippen LogP contribution in [0.25, 0.3) is 0 Å². The van der Waals surface area contributed by atoms with Crippen LogP contribution in [-0.2, 0) is 119 Å². The lowest BCUT2D eigenvalue weighted by molar-refractivity contribution is -0.357. The molecule has 0 saturated carbocycles. The highest BCUT2D eigenvalue weighted by Gasteiger charge is 2.57. The van der Waals surface area contributed by atoms with E-state index in [4.69, 9.17) is 61.6 Å². The van der Waals surface area contributed by atoms with E-state index >= 15 is 9.59 Å². The minimum atomic E-state index is -1.81. The quantitative estimate of drug-likeness (QED) is 0.0234. The summed E-state index contributed by atoms with van der Waals surface area (Å²) in [6.07, 6.45) is -15.0. The van der Waals surface area contributed by atoms with E-state index in [0.717, 1.165) is 33.4 Å². The van der Waals surface area contributed by atoms with Gasteiger partial charge in [-0.2, -0.15) is 0 Å². The van der Waals surface area contributed by atoms with E-state index in [-0.39, 0.29) is 39.6 Å². The first-order valence-electron chi connectivity index (χ1n) is 33.7. The molecule has 0 aromatic heterocycles. The first-order chi connectivity index (χ1) is 48.9. The normalized spacial score (nSPS) is 20.7. The molecule has 20 nitrogen and oxygen atoms in total. The fourth-order valence-corrected chi connectivity index (χ4v) is 11.9. The molecule has 2 heterocycles. The Bertz CT molecular complexity index is 3740. The highest BCUT2D eigenvalue weighted by molar-refractivity contribution is 5.80. The van der Waals surface area contributed by atoms with E-state index in [1.54, 1.807) is 77.9 Å². The maximum atomic E-state index is 15.3. The second kappa shape index (κ2) is 36.2. The smallest absolute Gasteiger partial charge is 0.407 e. The van der Waals surface area contributed by atoms with Crippen molar-refractivity contribution in [3.8, 4) is 0 Å². The molecular formula is C81H88N2O18. The molecule has 8 aromatic rings. The zero-order valence-corrected chi connectivity index (χ0v) is 57.6. The zero-order chi connectivity index (χ0) is 71.0. The van der Waals surface area contributed by atoms with Gasteiger partial charge in [0.15, 0.2) is 18.7 Å². The molecular weight excluding hydrogens is 1290 g/mol. The van der Waals surface area contributed by atoms with Crippen LogP contribution in [0, 0.1) is 0 Å². The lowest BCUT2D eigenvalue weighted by Gasteiger charge is -2.49. The lowest BCUT2D eigenvalue weighted by Crippen LogP contribution is -2.69. The van der Waals surface area contributed by atoms with Crippen LogP contribution in [0.3, 0.4) is 0 Å². The molecule has 0 spiro atoms. The first-order valence-corrected chi connectivity index (χ1v) is 33.7. The summed E-state index contributed by atoms with van der Waals surface area (Å²) in [4.78, 5) is 73.4. The summed E-state index contributed by atoms with van der Waals surface area (Å²) in [6, 6.07) is 72.9. The first kappa shape index (κ1) is 74.2. The summed E-state index contributed by atoms with van der Waals surface area (Å²) in [5.74, 6) is -3.09. The SMILES string of the molecule is CC(C)(C)OC(=O)CO[C@@H]1[C@@H](NC(=O)OCc2ccccc2)[C@H](OCC(=O)NC(c2ccccc2)(c2ccccc2)c2ccccc2)O[C@H](COCc2ccccc2)[C@H]1O[C@@H]1O[C@H](C(=O)OCc2ccccc2)[C@@H](OCc2ccccc2)[C@H](OCc2ccccc2)[C@H]1OCC(=O)OC(C)(C)C. The van der Waals surface area contributed by atoms with E-state index in [1.165, 1.54) is 0 Å². The maximum Gasteiger partial charge on any atom is 0.407 e. The van der Waals surface area contributed by atoms with Gasteiger partial charge >= 0.3 is 24.0 Å². The van der Waals surface area contributed by atoms with Gasteiger partial charge in [0, 0.05) is 0 Å². The predicted molar refractivity (Wildman–Crippen MR) is 373 cm³/mol. The molecule has 0 unspecified atom stereocenters. The second-order valence-electron chi connectivity index (χ2n) is 26.3. The van der Waals surface area contributed by atoms with Gasteiger partial charge in [-0.25, -0.2) is 19.2 Å². The van der Waals surface area contributed by atoms with Crippen LogP contribution in [-0.4, -0.2) is 129 Å². The average Bonchev–Trinajstić information content (AvgIpc) is 0.766. The molecule has 0 aliphatic carbocycles. The maximum absolute atomic E-state index is 15.3. The number of carbonyl (C=O) groups excluding carboxylic acids is 5. The van der Waals surface area contributed by atoms with E-state index in [2.05, 4.69) is 10.6 Å². The van der Waals surface area contributed by atoms with Gasteiger partial charge in [0.2, 0.25) is 5.91 Å². The Morgan fingerprint density at radius 2 is 0.782 bits per heavy atom. The molecule has 2 aliphatic rings. The Hall–Kier alpha value is -9.45. The van der Waals surface area contributed by atoms with Crippen LogP contribution in [0.1, 0.15) is 86.1 Å². The Balaban J connectivity index is 1.10. The summed E-state index contributed by atoms with van der Waals surface area (Å²) < 4.78 is 85.6. The number of hydrogen-bond donors (Lipinski definition) is 2. The van der Waals surface area contributed by atoms with Crippen LogP contribution in [0.4, 0.5) is 4.79 Å². The summed E-state index contributed by atoms with van der Waals surface area (Å²) in [5, 5.41) is 6.24. The van der Waals surface area contributed by atoms with Crippen molar-refractivity contribution in [2.75, 3.05) is 26.4 Å². The third-order valence-corrected chi connectivity index (χ3v) is 16.3. The van der Waals surface area contributed by atoms with Gasteiger partial charge < -0.3 is 72.2 Å². The number of carbonyl (C=O) groups is 5. The Kier molecular flexibility index (Phi) is 26.6. The van der Waals surface area contributed by atoms with Crippen molar-refractivity contribution >= 4 is 29.9 Å². The Labute approximate surface area is 589 Å². The van der Waals surface area contributed by atoms with Crippen LogP contribution in [0.2, 0.25) is 0 Å². The van der Waals surface area contributed by atoms with Crippen molar-refractivity contribution < 1.29 is 85.6 Å². The van der Waals surface area contributed by atoms with Gasteiger partial charge in [-0.05, 0) is 86.1 Å². The number of hydrogen-bond acceptors (Lipinski definition) is 18. The van der Waals surface area contributed by atoms with Gasteiger partial charge in [0.25, 0.3) is 0 Å². The predicted octanol–water partition coefficient (Wildman–Crippen LogP) is 11.8. The number of amides is 2. The Morgan fingerprint density at radius 1 is 0.386 bits per heavy atom.